The van der Waals surface area contributed by atoms with Crippen LogP contribution < -0.4 is 5.32 Å². The lowest BCUT2D eigenvalue weighted by Gasteiger charge is -2.26. The van der Waals surface area contributed by atoms with Gasteiger partial charge in [-0.15, -0.1) is 0 Å². The molecule has 1 aromatic rings. The van der Waals surface area contributed by atoms with E-state index in [2.05, 4.69) is 5.32 Å². The molecule has 0 unspecified atom stereocenters. The predicted octanol–water partition coefficient (Wildman–Crippen LogP) is 2.33. The minimum absolute atomic E-state index is 0.0196. The predicted molar refractivity (Wildman–Crippen MR) is 75.9 cm³/mol. The maximum Gasteiger partial charge on any atom is 0.303 e. The molecule has 0 radical (unpaired) electrons. The maximum absolute atomic E-state index is 12.2. The number of carboxylic acids is 1. The van der Waals surface area contributed by atoms with Crippen molar-refractivity contribution in [3.63, 3.8) is 0 Å². The molecule has 20 heavy (non-hydrogen) atoms. The molecule has 0 heterocycles. The molecule has 0 aliphatic carbocycles. The van der Waals surface area contributed by atoms with Gasteiger partial charge in [0.15, 0.2) is 0 Å². The van der Waals surface area contributed by atoms with Crippen LogP contribution in [0, 0.1) is 0 Å². The normalized spacial score (nSPS) is 11.2. The number of carbonyl (C=O) groups excluding carboxylic acids is 1. The third-order valence-corrected chi connectivity index (χ3v) is 3.13. The van der Waals surface area contributed by atoms with Crippen LogP contribution in [0.4, 0.5) is 0 Å². The van der Waals surface area contributed by atoms with Crippen LogP contribution in [-0.4, -0.2) is 27.6 Å². The number of phenols is 1. The number of aryl methyl sites for hydroxylation is 1. The molecule has 1 aromatic carbocycles. The molecule has 0 aliphatic rings. The lowest BCUT2D eigenvalue weighted by Crippen LogP contribution is -2.43. The van der Waals surface area contributed by atoms with Gasteiger partial charge in [-0.2, -0.15) is 0 Å². The van der Waals surface area contributed by atoms with Gasteiger partial charge < -0.3 is 15.5 Å². The summed E-state index contributed by atoms with van der Waals surface area (Å²) >= 11 is 0. The Morgan fingerprint density at radius 1 is 1.30 bits per heavy atom. The Morgan fingerprint density at radius 2 is 1.95 bits per heavy atom. The van der Waals surface area contributed by atoms with Crippen molar-refractivity contribution < 1.29 is 19.8 Å². The highest BCUT2D eigenvalue weighted by molar-refractivity contribution is 5.97. The molecule has 1 amide bonds. The van der Waals surface area contributed by atoms with Gasteiger partial charge in [-0.05, 0) is 44.4 Å². The van der Waals surface area contributed by atoms with Crippen molar-refractivity contribution in [3.8, 4) is 5.75 Å². The van der Waals surface area contributed by atoms with E-state index in [1.54, 1.807) is 26.0 Å². The molecule has 5 nitrogen and oxygen atoms in total. The lowest BCUT2D eigenvalue weighted by atomic mass is 9.97. The van der Waals surface area contributed by atoms with E-state index >= 15 is 0 Å². The van der Waals surface area contributed by atoms with Gasteiger partial charge in [0.1, 0.15) is 5.75 Å². The molecule has 0 spiro atoms. The zero-order valence-electron chi connectivity index (χ0n) is 12.1. The first-order valence-electron chi connectivity index (χ1n) is 6.61. The van der Waals surface area contributed by atoms with Crippen molar-refractivity contribution >= 4 is 11.9 Å². The van der Waals surface area contributed by atoms with Crippen molar-refractivity contribution in [2.75, 3.05) is 0 Å². The molecule has 3 N–H and O–H groups in total. The first kappa shape index (κ1) is 16.0. The second kappa shape index (κ2) is 6.41. The van der Waals surface area contributed by atoms with E-state index in [9.17, 15) is 14.7 Å². The molecule has 0 aromatic heterocycles. The average molecular weight is 279 g/mol. The topological polar surface area (TPSA) is 86.6 Å². The number of amides is 1. The molecule has 0 bridgehead atoms. The van der Waals surface area contributed by atoms with E-state index in [1.165, 1.54) is 6.07 Å². The van der Waals surface area contributed by atoms with Gasteiger partial charge in [0.2, 0.25) is 0 Å². The van der Waals surface area contributed by atoms with E-state index in [4.69, 9.17) is 5.11 Å². The van der Waals surface area contributed by atoms with Crippen molar-refractivity contribution in [2.45, 2.75) is 45.6 Å². The molecule has 1 rings (SSSR count). The van der Waals surface area contributed by atoms with E-state index < -0.39 is 17.4 Å². The summed E-state index contributed by atoms with van der Waals surface area (Å²) in [7, 11) is 0. The largest absolute Gasteiger partial charge is 0.507 e. The number of nitrogens with one attached hydrogen (secondary N) is 1. The van der Waals surface area contributed by atoms with Gasteiger partial charge >= 0.3 is 5.97 Å². The van der Waals surface area contributed by atoms with Gasteiger partial charge in [0, 0.05) is 12.0 Å². The van der Waals surface area contributed by atoms with Crippen LogP contribution in [0.15, 0.2) is 18.2 Å². The first-order chi connectivity index (χ1) is 9.25. The number of hydrogen-bond acceptors (Lipinski definition) is 3. The fourth-order valence-corrected chi connectivity index (χ4v) is 1.84. The van der Waals surface area contributed by atoms with E-state index in [0.717, 1.165) is 12.0 Å². The zero-order valence-corrected chi connectivity index (χ0v) is 12.1. The van der Waals surface area contributed by atoms with Gasteiger partial charge in [-0.1, -0.05) is 13.0 Å². The summed E-state index contributed by atoms with van der Waals surface area (Å²) in [4.78, 5) is 22.8. The van der Waals surface area contributed by atoms with Crippen LogP contribution in [0.5, 0.6) is 5.75 Å². The van der Waals surface area contributed by atoms with Crippen LogP contribution in [-0.2, 0) is 11.2 Å². The Hall–Kier alpha value is -2.04. The Morgan fingerprint density at radius 3 is 2.50 bits per heavy atom. The Bertz CT molecular complexity index is 509. The zero-order chi connectivity index (χ0) is 15.3. The average Bonchev–Trinajstić information content (AvgIpc) is 2.36. The van der Waals surface area contributed by atoms with Gasteiger partial charge in [0.05, 0.1) is 5.56 Å². The third-order valence-electron chi connectivity index (χ3n) is 3.13. The molecule has 0 atom stereocenters. The van der Waals surface area contributed by atoms with E-state index in [-0.39, 0.29) is 17.7 Å². The molecule has 110 valence electrons. The highest BCUT2D eigenvalue weighted by Crippen LogP contribution is 2.20. The Kier molecular flexibility index (Phi) is 5.13. The number of aromatic hydroxyl groups is 1. The van der Waals surface area contributed by atoms with Crippen LogP contribution in [0.3, 0.4) is 0 Å². The fraction of sp³-hybridized carbons (Fsp3) is 0.467. The van der Waals surface area contributed by atoms with Crippen LogP contribution in [0.2, 0.25) is 0 Å². The summed E-state index contributed by atoms with van der Waals surface area (Å²) in [6.45, 7) is 5.48. The van der Waals surface area contributed by atoms with Crippen molar-refractivity contribution in [3.05, 3.63) is 29.3 Å². The number of hydrogen-bond donors (Lipinski definition) is 3. The molecular weight excluding hydrogens is 258 g/mol. The first-order valence-corrected chi connectivity index (χ1v) is 6.61. The van der Waals surface area contributed by atoms with Crippen LogP contribution in [0.1, 0.15) is 49.5 Å². The smallest absolute Gasteiger partial charge is 0.303 e. The van der Waals surface area contributed by atoms with Crippen molar-refractivity contribution in [1.29, 1.82) is 0 Å². The van der Waals surface area contributed by atoms with Crippen molar-refractivity contribution in [1.82, 2.24) is 5.32 Å². The number of aliphatic carboxylic acids is 1. The Balaban J connectivity index is 2.82. The van der Waals surface area contributed by atoms with Gasteiger partial charge in [-0.3, -0.25) is 9.59 Å². The highest BCUT2D eigenvalue weighted by atomic mass is 16.4. The number of rotatable bonds is 6. The monoisotopic (exact) mass is 279 g/mol. The standard InChI is InChI=1S/C15H21NO4/c1-4-10-5-6-12(17)11(9-10)14(20)16-15(2,3)8-7-13(18)19/h5-6,9,17H,4,7-8H2,1-3H3,(H,16,20)(H,18,19). The van der Waals surface area contributed by atoms with Crippen molar-refractivity contribution in [2.24, 2.45) is 0 Å². The molecule has 0 saturated heterocycles. The second-order valence-corrected chi connectivity index (χ2v) is 5.44. The summed E-state index contributed by atoms with van der Waals surface area (Å²) in [5.74, 6) is -1.37. The number of benzene rings is 1. The third kappa shape index (κ3) is 4.57. The molecule has 0 saturated carbocycles. The molecule has 0 fully saturated rings. The minimum Gasteiger partial charge on any atom is -0.507 e. The minimum atomic E-state index is -0.900. The highest BCUT2D eigenvalue weighted by Gasteiger charge is 2.23. The second-order valence-electron chi connectivity index (χ2n) is 5.44. The summed E-state index contributed by atoms with van der Waals surface area (Å²) in [5, 5.41) is 21.2. The SMILES string of the molecule is CCc1ccc(O)c(C(=O)NC(C)(C)CCC(=O)O)c1. The quantitative estimate of drug-likeness (QED) is 0.746. The number of carboxylic acid groups (broad SMARTS) is 1. The summed E-state index contributed by atoms with van der Waals surface area (Å²) in [5.41, 5.74) is 0.522. The number of carbonyl (C=O) groups is 2. The van der Waals surface area contributed by atoms with Gasteiger partial charge in [-0.25, -0.2) is 0 Å². The summed E-state index contributed by atoms with van der Waals surface area (Å²) in [6.07, 6.45) is 1.07. The summed E-state index contributed by atoms with van der Waals surface area (Å²) < 4.78 is 0. The summed E-state index contributed by atoms with van der Waals surface area (Å²) in [6, 6.07) is 4.91. The molecule has 5 heteroatoms. The van der Waals surface area contributed by atoms with E-state index in [1.807, 2.05) is 6.92 Å². The molecule has 0 aliphatic heterocycles. The van der Waals surface area contributed by atoms with Crippen LogP contribution >= 0.6 is 0 Å². The van der Waals surface area contributed by atoms with Crippen LogP contribution in [0.25, 0.3) is 0 Å². The number of phenolic OH excluding ortho intramolecular Hbond substituents is 1. The Labute approximate surface area is 118 Å². The maximum atomic E-state index is 12.2. The van der Waals surface area contributed by atoms with Gasteiger partial charge in [0.25, 0.3) is 5.91 Å². The fourth-order valence-electron chi connectivity index (χ4n) is 1.84. The molecular formula is C15H21NO4. The lowest BCUT2D eigenvalue weighted by molar-refractivity contribution is -0.137. The van der Waals surface area contributed by atoms with E-state index in [0.29, 0.717) is 6.42 Å².